The highest BCUT2D eigenvalue weighted by Gasteiger charge is 2.36. The standard InChI is InChI=1S/C32H35ClFN5O4S/c1-2-15-44(40,41)16-13-35-12-4-10-32(11-5-14-43-32)30-19-26-28(20-36-30)37-22-38-31(26)39-25-8-9-29(27(33)18-25)42-21-23-6-3-7-24(34)17-23/h3,5-9,14,17-20,22,35H,2,4,10-13,15-16,21H2,1H3,(H,37,38,39). The Hall–Kier alpha value is -3.80. The van der Waals surface area contributed by atoms with Gasteiger partial charge >= 0.3 is 0 Å². The fourth-order valence-electron chi connectivity index (χ4n) is 5.11. The maximum Gasteiger partial charge on any atom is 0.153 e. The van der Waals surface area contributed by atoms with Crippen molar-refractivity contribution < 1.29 is 22.3 Å². The van der Waals surface area contributed by atoms with Crippen molar-refractivity contribution in [2.24, 2.45) is 0 Å². The van der Waals surface area contributed by atoms with Gasteiger partial charge in [0.1, 0.15) is 30.3 Å². The van der Waals surface area contributed by atoms with Crippen LogP contribution in [0.5, 0.6) is 5.75 Å². The summed E-state index contributed by atoms with van der Waals surface area (Å²) in [6.45, 7) is 3.15. The first kappa shape index (κ1) is 31.6. The van der Waals surface area contributed by atoms with Crippen molar-refractivity contribution in [1.29, 1.82) is 0 Å². The van der Waals surface area contributed by atoms with Gasteiger partial charge in [0, 0.05) is 29.8 Å². The van der Waals surface area contributed by atoms with Crippen molar-refractivity contribution in [1.82, 2.24) is 20.3 Å². The fraction of sp³-hybridized carbons (Fsp3) is 0.344. The molecule has 1 unspecified atom stereocenters. The minimum Gasteiger partial charge on any atom is -0.489 e. The Balaban J connectivity index is 1.26. The lowest BCUT2D eigenvalue weighted by Crippen LogP contribution is -2.29. The summed E-state index contributed by atoms with van der Waals surface area (Å²) in [4.78, 5) is 13.6. The molecule has 0 amide bonds. The van der Waals surface area contributed by atoms with Gasteiger partial charge in [-0.15, -0.1) is 0 Å². The Morgan fingerprint density at radius 2 is 1.98 bits per heavy atom. The number of nitrogens with zero attached hydrogens (tertiary/aromatic N) is 3. The molecule has 5 rings (SSSR count). The number of sulfone groups is 1. The maximum atomic E-state index is 13.5. The van der Waals surface area contributed by atoms with Crippen molar-refractivity contribution >= 4 is 43.8 Å². The van der Waals surface area contributed by atoms with E-state index in [-0.39, 0.29) is 23.9 Å². The number of halogens is 2. The van der Waals surface area contributed by atoms with Crippen LogP contribution >= 0.6 is 11.6 Å². The van der Waals surface area contributed by atoms with Gasteiger partial charge in [-0.2, -0.15) is 0 Å². The molecule has 0 fully saturated rings. The average molecular weight is 640 g/mol. The van der Waals surface area contributed by atoms with Gasteiger partial charge in [-0.05, 0) is 73.8 Å². The van der Waals surface area contributed by atoms with Crippen molar-refractivity contribution in [2.45, 2.75) is 44.8 Å². The third-order valence-corrected chi connectivity index (χ3v) is 9.49. The second kappa shape index (κ2) is 14.3. The molecular weight excluding hydrogens is 605 g/mol. The van der Waals surface area contributed by atoms with Crippen molar-refractivity contribution in [3.05, 3.63) is 95.5 Å². The molecule has 0 saturated carbocycles. The Morgan fingerprint density at radius 1 is 1.09 bits per heavy atom. The molecular formula is C32H35ClFN5O4S. The van der Waals surface area contributed by atoms with E-state index in [0.29, 0.717) is 65.7 Å². The van der Waals surface area contributed by atoms with E-state index in [1.807, 2.05) is 25.1 Å². The number of fused-ring (bicyclic) bond motifs is 1. The first-order valence-electron chi connectivity index (χ1n) is 14.6. The Labute approximate surface area is 261 Å². The molecule has 44 heavy (non-hydrogen) atoms. The van der Waals surface area contributed by atoms with Gasteiger partial charge in [0.25, 0.3) is 0 Å². The van der Waals surface area contributed by atoms with Crippen LogP contribution in [0.3, 0.4) is 0 Å². The molecule has 2 aromatic heterocycles. The number of ether oxygens (including phenoxy) is 2. The summed E-state index contributed by atoms with van der Waals surface area (Å²) in [5.41, 5.74) is 2.20. The number of hydrogen-bond acceptors (Lipinski definition) is 9. The number of anilines is 2. The van der Waals surface area contributed by atoms with E-state index in [1.165, 1.54) is 18.5 Å². The Bertz CT molecular complexity index is 1730. The first-order valence-corrected chi connectivity index (χ1v) is 16.8. The molecule has 9 nitrogen and oxygen atoms in total. The lowest BCUT2D eigenvalue weighted by molar-refractivity contribution is 0.0265. The molecule has 0 aliphatic carbocycles. The quantitative estimate of drug-likeness (QED) is 0.141. The van der Waals surface area contributed by atoms with Crippen LogP contribution in [0.25, 0.3) is 10.9 Å². The monoisotopic (exact) mass is 639 g/mol. The molecule has 0 saturated heterocycles. The summed E-state index contributed by atoms with van der Waals surface area (Å²) >= 11 is 6.52. The van der Waals surface area contributed by atoms with E-state index in [9.17, 15) is 12.8 Å². The highest BCUT2D eigenvalue weighted by atomic mass is 35.5. The summed E-state index contributed by atoms with van der Waals surface area (Å²) in [6.07, 6.45) is 9.64. The third kappa shape index (κ3) is 8.02. The Morgan fingerprint density at radius 3 is 2.75 bits per heavy atom. The van der Waals surface area contributed by atoms with Crippen molar-refractivity contribution in [3.63, 3.8) is 0 Å². The van der Waals surface area contributed by atoms with Crippen LogP contribution in [-0.2, 0) is 26.8 Å². The summed E-state index contributed by atoms with van der Waals surface area (Å²) in [7, 11) is -3.01. The second-order valence-electron chi connectivity index (χ2n) is 10.7. The summed E-state index contributed by atoms with van der Waals surface area (Å²) < 4.78 is 49.4. The lowest BCUT2D eigenvalue weighted by atomic mass is 9.90. The van der Waals surface area contributed by atoms with Crippen molar-refractivity contribution in [2.75, 3.05) is 29.9 Å². The molecule has 12 heteroatoms. The van der Waals surface area contributed by atoms with E-state index in [0.717, 1.165) is 17.5 Å². The predicted molar refractivity (Wildman–Crippen MR) is 170 cm³/mol. The summed E-state index contributed by atoms with van der Waals surface area (Å²) in [5, 5.41) is 7.74. The molecule has 4 aromatic rings. The van der Waals surface area contributed by atoms with Crippen molar-refractivity contribution in [3.8, 4) is 5.75 Å². The molecule has 0 bridgehead atoms. The van der Waals surface area contributed by atoms with Crippen LogP contribution < -0.4 is 15.4 Å². The van der Waals surface area contributed by atoms with Crippen LogP contribution in [0, 0.1) is 5.82 Å². The zero-order chi connectivity index (χ0) is 31.0. The molecule has 2 aromatic carbocycles. The van der Waals surface area contributed by atoms with Crippen LogP contribution in [0.1, 0.15) is 43.9 Å². The minimum absolute atomic E-state index is 0.141. The van der Waals surface area contributed by atoms with Gasteiger partial charge in [0.05, 0.1) is 34.4 Å². The fourth-order valence-corrected chi connectivity index (χ4v) is 6.63. The van der Waals surface area contributed by atoms with E-state index >= 15 is 0 Å². The lowest BCUT2D eigenvalue weighted by Gasteiger charge is -2.28. The van der Waals surface area contributed by atoms with Crippen LogP contribution in [0.15, 0.2) is 73.4 Å². The maximum absolute atomic E-state index is 13.5. The molecule has 0 radical (unpaired) electrons. The molecule has 1 atom stereocenters. The largest absolute Gasteiger partial charge is 0.489 e. The molecule has 232 valence electrons. The topological polar surface area (TPSA) is 115 Å². The van der Waals surface area contributed by atoms with E-state index in [2.05, 4.69) is 20.6 Å². The van der Waals surface area contributed by atoms with E-state index in [4.69, 9.17) is 26.1 Å². The zero-order valence-corrected chi connectivity index (χ0v) is 26.0. The number of benzene rings is 2. The van der Waals surface area contributed by atoms with Gasteiger partial charge in [0.2, 0.25) is 0 Å². The number of nitrogens with one attached hydrogen (secondary N) is 2. The van der Waals surface area contributed by atoms with Crippen LogP contribution in [0.4, 0.5) is 15.9 Å². The third-order valence-electron chi connectivity index (χ3n) is 7.34. The summed E-state index contributed by atoms with van der Waals surface area (Å²) in [5.74, 6) is 1.10. The van der Waals surface area contributed by atoms with Crippen LogP contribution in [0.2, 0.25) is 5.02 Å². The number of pyridine rings is 1. The molecule has 2 N–H and O–H groups in total. The van der Waals surface area contributed by atoms with Gasteiger partial charge < -0.3 is 20.1 Å². The minimum atomic E-state index is -3.01. The molecule has 3 heterocycles. The molecule has 1 aliphatic heterocycles. The average Bonchev–Trinajstić information content (AvgIpc) is 3.48. The number of aromatic nitrogens is 3. The number of rotatable bonds is 15. The summed E-state index contributed by atoms with van der Waals surface area (Å²) in [6, 6.07) is 13.5. The first-order chi connectivity index (χ1) is 21.3. The van der Waals surface area contributed by atoms with E-state index in [1.54, 1.807) is 36.7 Å². The number of hydrogen-bond donors (Lipinski definition) is 2. The van der Waals surface area contributed by atoms with Crippen LogP contribution in [-0.4, -0.2) is 48.0 Å². The molecule has 0 spiro atoms. The van der Waals surface area contributed by atoms with Gasteiger partial charge in [-0.1, -0.05) is 30.7 Å². The Kier molecular flexibility index (Phi) is 10.3. The smallest absolute Gasteiger partial charge is 0.153 e. The van der Waals surface area contributed by atoms with E-state index < -0.39 is 15.4 Å². The van der Waals surface area contributed by atoms with Gasteiger partial charge in [-0.25, -0.2) is 22.8 Å². The van der Waals surface area contributed by atoms with Gasteiger partial charge in [-0.3, -0.25) is 4.98 Å². The SMILES string of the molecule is CCCS(=O)(=O)CCNCCCC1(c2cc3c(Nc4ccc(OCc5cccc(F)c5)c(Cl)c4)ncnc3cn2)CC=CO1. The second-order valence-corrected chi connectivity index (χ2v) is 13.4. The zero-order valence-electron chi connectivity index (χ0n) is 24.4. The normalized spacial score (nSPS) is 16.2. The predicted octanol–water partition coefficient (Wildman–Crippen LogP) is 6.46. The highest BCUT2D eigenvalue weighted by Crippen LogP contribution is 2.39. The highest BCUT2D eigenvalue weighted by molar-refractivity contribution is 7.91. The molecule has 1 aliphatic rings. The van der Waals surface area contributed by atoms with Gasteiger partial charge in [0.15, 0.2) is 15.4 Å².